The third-order valence-electron chi connectivity index (χ3n) is 5.19. The molecule has 0 unspecified atom stereocenters. The zero-order chi connectivity index (χ0) is 23.5. The van der Waals surface area contributed by atoms with E-state index in [1.54, 1.807) is 24.3 Å². The van der Waals surface area contributed by atoms with Crippen molar-refractivity contribution in [1.82, 2.24) is 9.78 Å². The van der Waals surface area contributed by atoms with E-state index in [0.717, 1.165) is 20.3 Å². The molecule has 1 aliphatic heterocycles. The standard InChI is InChI=1S/C25H19BrN2O6/c26-20-11-18(22-19(12-20)15-32-24(33-22)17-9-5-2-6-10-17)14-31-21(29)13-28-25(30)34-23(27-28)16-7-3-1-4-8-16/h1-12,24H,13-15H2/t24-/m0/s1. The molecule has 172 valence electrons. The van der Waals surface area contributed by atoms with Gasteiger partial charge in [0, 0.05) is 26.7 Å². The molecule has 0 bridgehead atoms. The summed E-state index contributed by atoms with van der Waals surface area (Å²) in [7, 11) is 0. The van der Waals surface area contributed by atoms with E-state index in [4.69, 9.17) is 18.6 Å². The number of hydrogen-bond donors (Lipinski definition) is 0. The first kappa shape index (κ1) is 22.1. The van der Waals surface area contributed by atoms with Crippen LogP contribution < -0.4 is 10.5 Å². The first-order valence-corrected chi connectivity index (χ1v) is 11.3. The smallest absolute Gasteiger partial charge is 0.437 e. The van der Waals surface area contributed by atoms with Crippen molar-refractivity contribution in [1.29, 1.82) is 0 Å². The molecular weight excluding hydrogens is 504 g/mol. The first-order valence-electron chi connectivity index (χ1n) is 10.5. The van der Waals surface area contributed by atoms with Gasteiger partial charge in [-0.2, -0.15) is 4.68 Å². The van der Waals surface area contributed by atoms with Crippen LogP contribution >= 0.6 is 15.9 Å². The summed E-state index contributed by atoms with van der Waals surface area (Å²) in [6, 6.07) is 22.3. The van der Waals surface area contributed by atoms with Crippen LogP contribution in [0.15, 0.2) is 86.5 Å². The largest absolute Gasteiger partial charge is 0.460 e. The molecule has 0 saturated heterocycles. The number of hydrogen-bond acceptors (Lipinski definition) is 7. The fourth-order valence-electron chi connectivity index (χ4n) is 3.59. The Labute approximate surface area is 202 Å². The van der Waals surface area contributed by atoms with E-state index in [1.165, 1.54) is 0 Å². The van der Waals surface area contributed by atoms with Gasteiger partial charge >= 0.3 is 11.7 Å². The lowest BCUT2D eigenvalue weighted by Gasteiger charge is -2.28. The molecule has 0 spiro atoms. The molecule has 1 atom stereocenters. The van der Waals surface area contributed by atoms with E-state index >= 15 is 0 Å². The molecule has 1 aromatic heterocycles. The summed E-state index contributed by atoms with van der Waals surface area (Å²) in [5.41, 5.74) is 3.05. The number of carbonyl (C=O) groups is 1. The minimum atomic E-state index is -0.734. The van der Waals surface area contributed by atoms with Crippen LogP contribution in [0, 0.1) is 0 Å². The van der Waals surface area contributed by atoms with Gasteiger partial charge in [0.1, 0.15) is 18.9 Å². The molecule has 8 nitrogen and oxygen atoms in total. The summed E-state index contributed by atoms with van der Waals surface area (Å²) in [6.07, 6.45) is -0.561. The molecule has 3 aromatic carbocycles. The first-order chi connectivity index (χ1) is 16.6. The highest BCUT2D eigenvalue weighted by molar-refractivity contribution is 9.10. The minimum Gasteiger partial charge on any atom is -0.460 e. The van der Waals surface area contributed by atoms with Gasteiger partial charge in [-0.1, -0.05) is 64.5 Å². The highest BCUT2D eigenvalue weighted by atomic mass is 79.9. The molecule has 2 heterocycles. The molecule has 0 radical (unpaired) electrons. The summed E-state index contributed by atoms with van der Waals surface area (Å²) in [4.78, 5) is 24.6. The van der Waals surface area contributed by atoms with Crippen molar-refractivity contribution in [2.45, 2.75) is 26.0 Å². The molecule has 34 heavy (non-hydrogen) atoms. The van der Waals surface area contributed by atoms with Gasteiger partial charge < -0.3 is 18.6 Å². The summed E-state index contributed by atoms with van der Waals surface area (Å²) < 4.78 is 24.3. The van der Waals surface area contributed by atoms with E-state index in [0.29, 0.717) is 23.5 Å². The van der Waals surface area contributed by atoms with E-state index in [9.17, 15) is 9.59 Å². The third-order valence-corrected chi connectivity index (χ3v) is 5.65. The van der Waals surface area contributed by atoms with Crippen LogP contribution in [-0.2, 0) is 34.0 Å². The summed E-state index contributed by atoms with van der Waals surface area (Å²) in [6.45, 7) is -0.0614. The second kappa shape index (κ2) is 9.66. The van der Waals surface area contributed by atoms with Crippen molar-refractivity contribution in [2.24, 2.45) is 0 Å². The Morgan fingerprint density at radius 1 is 1.09 bits per heavy atom. The number of rotatable bonds is 6. The predicted molar refractivity (Wildman–Crippen MR) is 125 cm³/mol. The molecule has 9 heteroatoms. The van der Waals surface area contributed by atoms with Crippen LogP contribution in [0.3, 0.4) is 0 Å². The average molecular weight is 523 g/mol. The lowest BCUT2D eigenvalue weighted by molar-refractivity contribution is -0.146. The Balaban J connectivity index is 1.29. The van der Waals surface area contributed by atoms with Crippen LogP contribution in [-0.4, -0.2) is 15.7 Å². The van der Waals surface area contributed by atoms with Gasteiger partial charge in [0.25, 0.3) is 0 Å². The molecular formula is C25H19BrN2O6. The number of nitrogens with zero attached hydrogens (tertiary/aromatic N) is 2. The molecule has 0 saturated carbocycles. The van der Waals surface area contributed by atoms with Crippen molar-refractivity contribution >= 4 is 21.9 Å². The van der Waals surface area contributed by atoms with Crippen molar-refractivity contribution in [3.8, 4) is 17.2 Å². The monoisotopic (exact) mass is 522 g/mol. The van der Waals surface area contributed by atoms with Crippen LogP contribution in [0.2, 0.25) is 0 Å². The van der Waals surface area contributed by atoms with Gasteiger partial charge in [-0.15, -0.1) is 5.10 Å². The second-order valence-electron chi connectivity index (χ2n) is 7.58. The summed E-state index contributed by atoms with van der Waals surface area (Å²) in [5.74, 6) is -0.613. The Hall–Kier alpha value is -3.69. The summed E-state index contributed by atoms with van der Waals surface area (Å²) in [5, 5.41) is 4.09. The highest BCUT2D eigenvalue weighted by Gasteiger charge is 2.25. The molecule has 0 N–H and O–H groups in total. The maximum atomic E-state index is 12.5. The SMILES string of the molecule is O=C(Cn1nc(-c2ccccc2)oc1=O)OCc1cc(Br)cc2c1O[C@@H](c1ccccc1)OC2. The van der Waals surface area contributed by atoms with Gasteiger partial charge in [-0.3, -0.25) is 4.79 Å². The highest BCUT2D eigenvalue weighted by Crippen LogP contribution is 2.38. The number of esters is 1. The van der Waals surface area contributed by atoms with E-state index < -0.39 is 18.0 Å². The van der Waals surface area contributed by atoms with Gasteiger partial charge in [0.05, 0.1) is 6.61 Å². The lowest BCUT2D eigenvalue weighted by Crippen LogP contribution is -2.23. The van der Waals surface area contributed by atoms with Crippen LogP contribution in [0.4, 0.5) is 0 Å². The number of benzene rings is 3. The van der Waals surface area contributed by atoms with Gasteiger partial charge in [-0.05, 0) is 24.3 Å². The van der Waals surface area contributed by atoms with Crippen molar-refractivity contribution < 1.29 is 23.4 Å². The van der Waals surface area contributed by atoms with E-state index in [-0.39, 0.29) is 19.0 Å². The van der Waals surface area contributed by atoms with Crippen molar-refractivity contribution in [2.75, 3.05) is 0 Å². The maximum Gasteiger partial charge on any atom is 0.437 e. The number of aromatic nitrogens is 2. The molecule has 0 aliphatic carbocycles. The topological polar surface area (TPSA) is 92.8 Å². The average Bonchev–Trinajstić information content (AvgIpc) is 3.23. The van der Waals surface area contributed by atoms with Crippen molar-refractivity contribution in [3.63, 3.8) is 0 Å². The summed E-state index contributed by atoms with van der Waals surface area (Å²) >= 11 is 3.48. The number of fused-ring (bicyclic) bond motifs is 1. The van der Waals surface area contributed by atoms with E-state index in [2.05, 4.69) is 21.0 Å². The molecule has 4 aromatic rings. The lowest BCUT2D eigenvalue weighted by atomic mass is 10.1. The quantitative estimate of drug-likeness (QED) is 0.341. The fourth-order valence-corrected chi connectivity index (χ4v) is 4.14. The second-order valence-corrected chi connectivity index (χ2v) is 8.50. The zero-order valence-corrected chi connectivity index (χ0v) is 19.4. The Kier molecular flexibility index (Phi) is 6.29. The molecule has 5 rings (SSSR count). The Morgan fingerprint density at radius 2 is 1.82 bits per heavy atom. The Morgan fingerprint density at radius 3 is 2.59 bits per heavy atom. The van der Waals surface area contributed by atoms with Gasteiger partial charge in [-0.25, -0.2) is 4.79 Å². The van der Waals surface area contributed by atoms with Crippen LogP contribution in [0.1, 0.15) is 23.0 Å². The number of ether oxygens (including phenoxy) is 3. The number of halogens is 1. The Bertz CT molecular complexity index is 1370. The molecule has 1 aliphatic rings. The zero-order valence-electron chi connectivity index (χ0n) is 17.8. The molecule has 0 amide bonds. The van der Waals surface area contributed by atoms with Gasteiger partial charge in [0.15, 0.2) is 0 Å². The van der Waals surface area contributed by atoms with E-state index in [1.807, 2.05) is 48.5 Å². The fraction of sp³-hybridized carbons (Fsp3) is 0.160. The molecule has 0 fully saturated rings. The van der Waals surface area contributed by atoms with Crippen LogP contribution in [0.25, 0.3) is 11.5 Å². The van der Waals surface area contributed by atoms with Crippen molar-refractivity contribution in [3.05, 3.63) is 105 Å². The minimum absolute atomic E-state index is 0.0414. The third kappa shape index (κ3) is 4.80. The van der Waals surface area contributed by atoms with Crippen LogP contribution in [0.5, 0.6) is 5.75 Å². The van der Waals surface area contributed by atoms with Gasteiger partial charge in [0.2, 0.25) is 12.2 Å². The maximum absolute atomic E-state index is 12.5. The predicted octanol–water partition coefficient (Wildman–Crippen LogP) is 4.62. The number of carbonyl (C=O) groups excluding carboxylic acids is 1. The normalized spacial score (nSPS) is 14.8.